The normalized spacial score (nSPS) is 10.7. The van der Waals surface area contributed by atoms with Crippen LogP contribution in [0.4, 0.5) is 0 Å². The Morgan fingerprint density at radius 1 is 1.50 bits per heavy atom. The van der Waals surface area contributed by atoms with Crippen LogP contribution in [-0.4, -0.2) is 37.4 Å². The van der Waals surface area contributed by atoms with Crippen molar-refractivity contribution in [3.8, 4) is 6.07 Å². The van der Waals surface area contributed by atoms with Crippen LogP contribution in [0.3, 0.4) is 0 Å². The van der Waals surface area contributed by atoms with Crippen molar-refractivity contribution in [3.05, 3.63) is 29.6 Å². The molecule has 6 nitrogen and oxygen atoms in total. The quantitative estimate of drug-likeness (QED) is 0.816. The second kappa shape index (κ2) is 6.12. The highest BCUT2D eigenvalue weighted by atomic mass is 32.2. The van der Waals surface area contributed by atoms with Gasteiger partial charge in [-0.2, -0.15) is 5.26 Å². The number of rotatable bonds is 5. The molecule has 0 aromatic carbocycles. The van der Waals surface area contributed by atoms with Crippen LogP contribution in [0.5, 0.6) is 0 Å². The Balaban J connectivity index is 2.53. The van der Waals surface area contributed by atoms with Crippen LogP contribution in [0.2, 0.25) is 0 Å². The average Bonchev–Trinajstić information content (AvgIpc) is 2.38. The van der Waals surface area contributed by atoms with Crippen LogP contribution >= 0.6 is 0 Å². The summed E-state index contributed by atoms with van der Waals surface area (Å²) in [5, 5.41) is 11.0. The fourth-order valence-electron chi connectivity index (χ4n) is 1.15. The van der Waals surface area contributed by atoms with Crippen LogP contribution in [0.1, 0.15) is 23.0 Å². The van der Waals surface area contributed by atoms with E-state index >= 15 is 0 Å². The van der Waals surface area contributed by atoms with Gasteiger partial charge in [-0.3, -0.25) is 4.79 Å². The second-order valence-corrected chi connectivity index (χ2v) is 6.01. The molecule has 0 aliphatic carbocycles. The van der Waals surface area contributed by atoms with Crippen molar-refractivity contribution in [1.29, 1.82) is 5.26 Å². The lowest BCUT2D eigenvalue weighted by Crippen LogP contribution is -2.30. The van der Waals surface area contributed by atoms with Gasteiger partial charge in [-0.15, -0.1) is 0 Å². The van der Waals surface area contributed by atoms with E-state index in [1.807, 2.05) is 6.07 Å². The summed E-state index contributed by atoms with van der Waals surface area (Å²) in [5.74, 6) is -0.491. The third-order valence-electron chi connectivity index (χ3n) is 2.26. The zero-order valence-corrected chi connectivity index (χ0v) is 10.7. The van der Waals surface area contributed by atoms with Gasteiger partial charge < -0.3 is 5.32 Å². The lowest BCUT2D eigenvalue weighted by Gasteiger charge is -2.04. The van der Waals surface area contributed by atoms with E-state index in [0.717, 1.165) is 0 Å². The Morgan fingerprint density at radius 2 is 2.22 bits per heavy atom. The average molecular weight is 267 g/mol. The monoisotopic (exact) mass is 267 g/mol. The Bertz CT molecular complexity index is 558. The maximum absolute atomic E-state index is 11.6. The molecule has 0 aliphatic heterocycles. The van der Waals surface area contributed by atoms with Gasteiger partial charge in [0.05, 0.1) is 11.3 Å². The van der Waals surface area contributed by atoms with Gasteiger partial charge in [0.2, 0.25) is 0 Å². The van der Waals surface area contributed by atoms with Crippen molar-refractivity contribution in [3.63, 3.8) is 0 Å². The third-order valence-corrected chi connectivity index (χ3v) is 3.97. The third kappa shape index (κ3) is 4.14. The summed E-state index contributed by atoms with van der Waals surface area (Å²) in [5.41, 5.74) is 0.517. The van der Waals surface area contributed by atoms with E-state index in [-0.39, 0.29) is 23.7 Å². The summed E-state index contributed by atoms with van der Waals surface area (Å²) in [6.45, 7) is 1.61. The molecule has 0 spiro atoms. The molecule has 0 radical (unpaired) electrons. The molecule has 18 heavy (non-hydrogen) atoms. The van der Waals surface area contributed by atoms with Gasteiger partial charge in [-0.05, 0) is 12.1 Å². The van der Waals surface area contributed by atoms with E-state index in [4.69, 9.17) is 5.26 Å². The van der Waals surface area contributed by atoms with E-state index in [1.54, 1.807) is 6.92 Å². The first-order valence-corrected chi connectivity index (χ1v) is 7.15. The van der Waals surface area contributed by atoms with Crippen LogP contribution in [0.15, 0.2) is 18.3 Å². The summed E-state index contributed by atoms with van der Waals surface area (Å²) in [6, 6.07) is 4.79. The molecule has 0 unspecified atom stereocenters. The molecule has 0 fully saturated rings. The lowest BCUT2D eigenvalue weighted by atomic mass is 10.2. The highest BCUT2D eigenvalue weighted by Gasteiger charge is 2.10. The topological polar surface area (TPSA) is 99.9 Å². The number of hydrogen-bond donors (Lipinski definition) is 1. The van der Waals surface area contributed by atoms with Crippen molar-refractivity contribution in [2.45, 2.75) is 6.92 Å². The minimum absolute atomic E-state index is 0.0523. The Morgan fingerprint density at radius 3 is 2.72 bits per heavy atom. The lowest BCUT2D eigenvalue weighted by molar-refractivity contribution is 0.0951. The summed E-state index contributed by atoms with van der Waals surface area (Å²) in [6.07, 6.45) is 1.29. The molecule has 96 valence electrons. The predicted molar refractivity (Wildman–Crippen MR) is 65.6 cm³/mol. The number of hydrogen-bond acceptors (Lipinski definition) is 5. The van der Waals surface area contributed by atoms with Crippen LogP contribution in [0, 0.1) is 11.3 Å². The molecule has 1 amide bonds. The number of aromatic nitrogens is 1. The molecule has 0 saturated carbocycles. The molecule has 0 saturated heterocycles. The highest BCUT2D eigenvalue weighted by molar-refractivity contribution is 7.91. The van der Waals surface area contributed by atoms with Crippen LogP contribution in [-0.2, 0) is 9.84 Å². The molecule has 7 heteroatoms. The number of carbonyl (C=O) groups is 1. The van der Waals surface area contributed by atoms with Crippen molar-refractivity contribution < 1.29 is 13.2 Å². The first-order chi connectivity index (χ1) is 8.48. The van der Waals surface area contributed by atoms with Gasteiger partial charge in [0.1, 0.15) is 11.8 Å². The van der Waals surface area contributed by atoms with E-state index in [2.05, 4.69) is 10.3 Å². The van der Waals surface area contributed by atoms with Gasteiger partial charge in [0.25, 0.3) is 5.91 Å². The zero-order valence-electron chi connectivity index (χ0n) is 9.88. The van der Waals surface area contributed by atoms with Crippen molar-refractivity contribution >= 4 is 15.7 Å². The van der Waals surface area contributed by atoms with Gasteiger partial charge in [0, 0.05) is 18.5 Å². The van der Waals surface area contributed by atoms with Gasteiger partial charge in [0.15, 0.2) is 9.84 Å². The van der Waals surface area contributed by atoms with E-state index in [0.29, 0.717) is 5.56 Å². The summed E-state index contributed by atoms with van der Waals surface area (Å²) in [7, 11) is -3.09. The van der Waals surface area contributed by atoms with Crippen LogP contribution < -0.4 is 5.32 Å². The zero-order chi connectivity index (χ0) is 13.6. The molecular formula is C11H13N3O3S. The van der Waals surface area contributed by atoms with Gasteiger partial charge in [-0.25, -0.2) is 13.4 Å². The fraction of sp³-hybridized carbons (Fsp3) is 0.364. The number of nitrogens with zero attached hydrogens (tertiary/aromatic N) is 2. The van der Waals surface area contributed by atoms with Crippen molar-refractivity contribution in [2.75, 3.05) is 18.1 Å². The summed E-state index contributed by atoms with van der Waals surface area (Å²) < 4.78 is 22.4. The minimum atomic E-state index is -3.09. The SMILES string of the molecule is CCS(=O)(=O)CCNC(=O)c1ccc(C#N)cn1. The predicted octanol–water partition coefficient (Wildman–Crippen LogP) is 0.118. The maximum atomic E-state index is 11.6. The van der Waals surface area contributed by atoms with Crippen molar-refractivity contribution in [2.24, 2.45) is 0 Å². The molecule has 0 bridgehead atoms. The molecule has 0 atom stereocenters. The molecular weight excluding hydrogens is 254 g/mol. The van der Waals surface area contributed by atoms with Gasteiger partial charge >= 0.3 is 0 Å². The molecule has 1 aromatic heterocycles. The first-order valence-electron chi connectivity index (χ1n) is 5.33. The number of amides is 1. The van der Waals surface area contributed by atoms with Crippen LogP contribution in [0.25, 0.3) is 0 Å². The highest BCUT2D eigenvalue weighted by Crippen LogP contribution is 1.98. The number of nitrogens with one attached hydrogen (secondary N) is 1. The summed E-state index contributed by atoms with van der Waals surface area (Å²) in [4.78, 5) is 15.4. The molecule has 1 rings (SSSR count). The Labute approximate surface area is 106 Å². The van der Waals surface area contributed by atoms with Crippen molar-refractivity contribution in [1.82, 2.24) is 10.3 Å². The van der Waals surface area contributed by atoms with Gasteiger partial charge in [-0.1, -0.05) is 6.92 Å². The number of pyridine rings is 1. The number of sulfone groups is 1. The molecule has 1 heterocycles. The standard InChI is InChI=1S/C11H13N3O3S/c1-2-18(16,17)6-5-13-11(15)10-4-3-9(7-12)8-14-10/h3-4,8H,2,5-6H2,1H3,(H,13,15). The Hall–Kier alpha value is -1.94. The van der Waals surface area contributed by atoms with E-state index < -0.39 is 15.7 Å². The first kappa shape index (κ1) is 14.1. The smallest absolute Gasteiger partial charge is 0.269 e. The molecule has 1 aromatic rings. The number of nitriles is 1. The van der Waals surface area contributed by atoms with E-state index in [1.165, 1.54) is 18.3 Å². The van der Waals surface area contributed by atoms with E-state index in [9.17, 15) is 13.2 Å². The second-order valence-electron chi connectivity index (χ2n) is 3.54. The fourth-order valence-corrected chi connectivity index (χ4v) is 1.85. The Kier molecular flexibility index (Phi) is 4.80. The summed E-state index contributed by atoms with van der Waals surface area (Å²) >= 11 is 0. The minimum Gasteiger partial charge on any atom is -0.350 e. The molecule has 1 N–H and O–H groups in total. The largest absolute Gasteiger partial charge is 0.350 e. The maximum Gasteiger partial charge on any atom is 0.269 e. The molecule has 0 aliphatic rings. The number of carbonyl (C=O) groups excluding carboxylic acids is 1.